The van der Waals surface area contributed by atoms with Gasteiger partial charge >= 0.3 is 0 Å². The summed E-state index contributed by atoms with van der Waals surface area (Å²) in [6.07, 6.45) is 3.80. The molecule has 1 aromatic rings. The van der Waals surface area contributed by atoms with Crippen LogP contribution in [0.3, 0.4) is 0 Å². The molecule has 2 aliphatic rings. The number of hydrogen-bond donors (Lipinski definition) is 1. The van der Waals surface area contributed by atoms with Gasteiger partial charge in [-0.2, -0.15) is 0 Å². The number of carbonyl (C=O) groups is 2. The quantitative estimate of drug-likeness (QED) is 0.828. The predicted octanol–water partition coefficient (Wildman–Crippen LogP) is 1.46. The highest BCUT2D eigenvalue weighted by Crippen LogP contribution is 2.22. The summed E-state index contributed by atoms with van der Waals surface area (Å²) in [6.45, 7) is 3.28. The molecule has 23 heavy (non-hydrogen) atoms. The predicted molar refractivity (Wildman–Crippen MR) is 91.2 cm³/mol. The van der Waals surface area contributed by atoms with E-state index in [1.807, 2.05) is 22.1 Å². The largest absolute Gasteiger partial charge is 0.445 e. The van der Waals surface area contributed by atoms with Gasteiger partial charge in [-0.25, -0.2) is 0 Å². The molecule has 6 nitrogen and oxygen atoms in total. The van der Waals surface area contributed by atoms with E-state index in [2.05, 4.69) is 5.32 Å². The maximum Gasteiger partial charge on any atom is 0.289 e. The second-order valence-corrected chi connectivity index (χ2v) is 6.44. The van der Waals surface area contributed by atoms with E-state index in [-0.39, 0.29) is 30.3 Å². The summed E-state index contributed by atoms with van der Waals surface area (Å²) in [7, 11) is 0. The Hall–Kier alpha value is -1.18. The van der Waals surface area contributed by atoms with Crippen LogP contribution >= 0.6 is 24.2 Å². The lowest BCUT2D eigenvalue weighted by atomic mass is 10.0. The molecule has 1 unspecified atom stereocenters. The Morgan fingerprint density at radius 3 is 2.91 bits per heavy atom. The van der Waals surface area contributed by atoms with Gasteiger partial charge in [0.1, 0.15) is 0 Å². The molecule has 8 heteroatoms. The number of amides is 2. The van der Waals surface area contributed by atoms with E-state index in [9.17, 15) is 9.59 Å². The van der Waals surface area contributed by atoms with Crippen molar-refractivity contribution in [1.82, 2.24) is 15.1 Å². The molecule has 1 atom stereocenters. The monoisotopic (exact) mass is 359 g/mol. The molecule has 3 rings (SSSR count). The Labute approximate surface area is 146 Å². The van der Waals surface area contributed by atoms with E-state index < -0.39 is 0 Å². The summed E-state index contributed by atoms with van der Waals surface area (Å²) in [5.74, 6) is 0.442. The van der Waals surface area contributed by atoms with Gasteiger partial charge in [0.05, 0.1) is 6.54 Å². The smallest absolute Gasteiger partial charge is 0.289 e. The average Bonchev–Trinajstić information content (AvgIpc) is 3.04. The number of likely N-dealkylation sites (tertiary alicyclic amines) is 1. The van der Waals surface area contributed by atoms with Crippen LogP contribution in [-0.2, 0) is 4.79 Å². The molecule has 0 radical (unpaired) electrons. The maximum atomic E-state index is 12.5. The van der Waals surface area contributed by atoms with Crippen LogP contribution in [0.25, 0.3) is 0 Å². The lowest BCUT2D eigenvalue weighted by Gasteiger charge is -2.40. The van der Waals surface area contributed by atoms with E-state index in [0.717, 1.165) is 37.6 Å². The molecule has 3 heterocycles. The van der Waals surface area contributed by atoms with Crippen molar-refractivity contribution in [1.29, 1.82) is 0 Å². The van der Waals surface area contributed by atoms with Crippen LogP contribution in [0.2, 0.25) is 0 Å². The van der Waals surface area contributed by atoms with E-state index in [1.54, 1.807) is 6.07 Å². The Kier molecular flexibility index (Phi) is 6.38. The number of halogens is 1. The zero-order valence-electron chi connectivity index (χ0n) is 13.1. The van der Waals surface area contributed by atoms with Gasteiger partial charge in [0.15, 0.2) is 10.9 Å². The first-order chi connectivity index (χ1) is 10.7. The number of carbonyl (C=O) groups excluding carboxylic acids is 2. The number of piperazine rings is 1. The van der Waals surface area contributed by atoms with Gasteiger partial charge in [0.25, 0.3) is 5.91 Å². The van der Waals surface area contributed by atoms with Crippen LogP contribution in [-0.4, -0.2) is 66.6 Å². The van der Waals surface area contributed by atoms with Crippen molar-refractivity contribution < 1.29 is 14.0 Å². The minimum Gasteiger partial charge on any atom is -0.445 e. The fourth-order valence-electron chi connectivity index (χ4n) is 3.10. The molecule has 1 N–H and O–H groups in total. The zero-order valence-corrected chi connectivity index (χ0v) is 14.8. The summed E-state index contributed by atoms with van der Waals surface area (Å²) < 4.78 is 5.53. The molecule has 0 aliphatic carbocycles. The number of hydrogen-bond acceptors (Lipinski definition) is 5. The van der Waals surface area contributed by atoms with Crippen molar-refractivity contribution >= 4 is 36.0 Å². The first-order valence-electron chi connectivity index (χ1n) is 7.62. The van der Waals surface area contributed by atoms with Crippen LogP contribution in [0.1, 0.15) is 23.4 Å². The summed E-state index contributed by atoms with van der Waals surface area (Å²) in [4.78, 5) is 28.3. The Morgan fingerprint density at radius 1 is 1.39 bits per heavy atom. The first kappa shape index (κ1) is 18.2. The Bertz CT molecular complexity index is 566. The summed E-state index contributed by atoms with van der Waals surface area (Å²) in [5, 5.41) is 3.83. The number of nitrogens with one attached hydrogen (secondary N) is 1. The normalized spacial score (nSPS) is 22.0. The molecule has 0 spiro atoms. The number of nitrogens with zero attached hydrogens (tertiary/aromatic N) is 2. The number of rotatable bonds is 3. The highest BCUT2D eigenvalue weighted by atomic mass is 35.5. The van der Waals surface area contributed by atoms with Crippen LogP contribution in [0.4, 0.5) is 0 Å². The summed E-state index contributed by atoms with van der Waals surface area (Å²) >= 11 is 1.48. The summed E-state index contributed by atoms with van der Waals surface area (Å²) in [6, 6.07) is 3.68. The van der Waals surface area contributed by atoms with Crippen molar-refractivity contribution in [3.8, 4) is 0 Å². The first-order valence-corrected chi connectivity index (χ1v) is 8.85. The van der Waals surface area contributed by atoms with Gasteiger partial charge in [-0.05, 0) is 31.2 Å². The standard InChI is InChI=1S/C15H21N3O3S.ClH/c1-22-14-5-4-12(21-14)15(20)17-7-2-3-11(10-17)18-8-6-16-9-13(18)19;/h4-5,11,16H,2-3,6-10H2,1H3;1H. The Morgan fingerprint density at radius 2 is 2.22 bits per heavy atom. The third kappa shape index (κ3) is 4.02. The van der Waals surface area contributed by atoms with Crippen molar-refractivity contribution in [2.45, 2.75) is 24.0 Å². The van der Waals surface area contributed by atoms with Gasteiger partial charge in [-0.3, -0.25) is 9.59 Å². The number of thioether (sulfide) groups is 1. The van der Waals surface area contributed by atoms with E-state index >= 15 is 0 Å². The lowest BCUT2D eigenvalue weighted by molar-refractivity contribution is -0.135. The van der Waals surface area contributed by atoms with Gasteiger partial charge in [0, 0.05) is 32.2 Å². The molecule has 2 fully saturated rings. The molecule has 2 aliphatic heterocycles. The SMILES string of the molecule is CSc1ccc(C(=O)N2CCCC(N3CCNCC3=O)C2)o1.Cl. The fourth-order valence-corrected chi connectivity index (χ4v) is 3.48. The van der Waals surface area contributed by atoms with Crippen LogP contribution in [0.5, 0.6) is 0 Å². The second kappa shape index (κ2) is 8.08. The van der Waals surface area contributed by atoms with Gasteiger partial charge < -0.3 is 19.5 Å². The molecule has 0 saturated carbocycles. The van der Waals surface area contributed by atoms with E-state index in [1.165, 1.54) is 11.8 Å². The molecule has 2 saturated heterocycles. The minimum atomic E-state index is -0.0763. The highest BCUT2D eigenvalue weighted by Gasteiger charge is 2.32. The van der Waals surface area contributed by atoms with E-state index in [0.29, 0.717) is 18.8 Å². The highest BCUT2D eigenvalue weighted by molar-refractivity contribution is 7.98. The summed E-state index contributed by atoms with van der Waals surface area (Å²) in [5.41, 5.74) is 0. The van der Waals surface area contributed by atoms with Crippen molar-refractivity contribution in [2.75, 3.05) is 39.0 Å². The fraction of sp³-hybridized carbons (Fsp3) is 0.600. The average molecular weight is 360 g/mol. The number of furan rings is 1. The molecular formula is C15H22ClN3O3S. The maximum absolute atomic E-state index is 12.5. The molecular weight excluding hydrogens is 338 g/mol. The molecule has 0 bridgehead atoms. The van der Waals surface area contributed by atoms with Crippen LogP contribution in [0, 0.1) is 0 Å². The Balaban J connectivity index is 0.00000192. The molecule has 1 aromatic heterocycles. The van der Waals surface area contributed by atoms with Gasteiger partial charge in [0.2, 0.25) is 5.91 Å². The van der Waals surface area contributed by atoms with Crippen LogP contribution in [0.15, 0.2) is 21.6 Å². The third-order valence-electron chi connectivity index (χ3n) is 4.24. The van der Waals surface area contributed by atoms with Crippen LogP contribution < -0.4 is 5.32 Å². The molecule has 0 aromatic carbocycles. The van der Waals surface area contributed by atoms with E-state index in [4.69, 9.17) is 4.42 Å². The van der Waals surface area contributed by atoms with Crippen molar-refractivity contribution in [2.24, 2.45) is 0 Å². The van der Waals surface area contributed by atoms with Crippen molar-refractivity contribution in [3.63, 3.8) is 0 Å². The molecule has 2 amide bonds. The minimum absolute atomic E-state index is 0. The topological polar surface area (TPSA) is 65.8 Å². The van der Waals surface area contributed by atoms with Crippen molar-refractivity contribution in [3.05, 3.63) is 17.9 Å². The van der Waals surface area contributed by atoms with Gasteiger partial charge in [-0.15, -0.1) is 12.4 Å². The third-order valence-corrected chi connectivity index (χ3v) is 4.87. The second-order valence-electron chi connectivity index (χ2n) is 5.63. The molecule has 128 valence electrons. The van der Waals surface area contributed by atoms with Gasteiger partial charge in [-0.1, -0.05) is 11.8 Å². The number of piperidine rings is 1. The lowest BCUT2D eigenvalue weighted by Crippen LogP contribution is -2.57. The zero-order chi connectivity index (χ0) is 15.5.